The van der Waals surface area contributed by atoms with Crippen LogP contribution in [-0.2, 0) is 12.3 Å². The third-order valence-corrected chi connectivity index (χ3v) is 6.84. The highest BCUT2D eigenvalue weighted by Gasteiger charge is 2.19. The molecule has 1 amide bonds. The van der Waals surface area contributed by atoms with Crippen LogP contribution in [0.5, 0.6) is 0 Å². The molecule has 0 unspecified atom stereocenters. The predicted molar refractivity (Wildman–Crippen MR) is 136 cm³/mol. The molecule has 0 bridgehead atoms. The van der Waals surface area contributed by atoms with Gasteiger partial charge in [-0.1, -0.05) is 68.1 Å². The molecule has 1 aliphatic heterocycles. The van der Waals surface area contributed by atoms with E-state index in [0.29, 0.717) is 5.92 Å². The van der Waals surface area contributed by atoms with E-state index in [1.54, 1.807) is 11.8 Å². The predicted octanol–water partition coefficient (Wildman–Crippen LogP) is 5.76. The zero-order valence-electron chi connectivity index (χ0n) is 19.7. The van der Waals surface area contributed by atoms with Gasteiger partial charge in [0.05, 0.1) is 0 Å². The number of hydrogen-bond donors (Lipinski definition) is 0. The van der Waals surface area contributed by atoms with Crippen LogP contribution in [0.4, 0.5) is 5.82 Å². The van der Waals surface area contributed by atoms with Gasteiger partial charge in [0.15, 0.2) is 5.16 Å². The van der Waals surface area contributed by atoms with Gasteiger partial charge in [-0.15, -0.1) is 0 Å². The Balaban J connectivity index is 1.44. The number of hydrogen-bond acceptors (Lipinski definition) is 5. The van der Waals surface area contributed by atoms with Crippen molar-refractivity contribution < 1.29 is 4.79 Å². The fourth-order valence-electron chi connectivity index (χ4n) is 3.92. The van der Waals surface area contributed by atoms with Crippen molar-refractivity contribution in [2.45, 2.75) is 50.1 Å². The highest BCUT2D eigenvalue weighted by Crippen LogP contribution is 2.26. The topological polar surface area (TPSA) is 49.3 Å². The van der Waals surface area contributed by atoms with Crippen molar-refractivity contribution >= 4 is 23.5 Å². The van der Waals surface area contributed by atoms with Gasteiger partial charge in [0.2, 0.25) is 0 Å². The van der Waals surface area contributed by atoms with Crippen LogP contribution in [0, 0.1) is 0 Å². The maximum absolute atomic E-state index is 12.6. The zero-order chi connectivity index (χ0) is 23.2. The minimum atomic E-state index is 0.144. The molecule has 2 aromatic carbocycles. The summed E-state index contributed by atoms with van der Waals surface area (Å²) >= 11 is 1.64. The van der Waals surface area contributed by atoms with E-state index in [-0.39, 0.29) is 5.91 Å². The van der Waals surface area contributed by atoms with Crippen molar-refractivity contribution in [1.29, 1.82) is 0 Å². The third-order valence-electron chi connectivity index (χ3n) is 5.92. The first kappa shape index (κ1) is 23.3. The van der Waals surface area contributed by atoms with Crippen LogP contribution in [0.3, 0.4) is 0 Å². The van der Waals surface area contributed by atoms with E-state index in [9.17, 15) is 4.79 Å². The summed E-state index contributed by atoms with van der Waals surface area (Å²) in [6.45, 7) is 6.87. The van der Waals surface area contributed by atoms with Crippen LogP contribution in [0.25, 0.3) is 0 Å². The lowest BCUT2D eigenvalue weighted by molar-refractivity contribution is 0.0793. The molecule has 5 nitrogen and oxygen atoms in total. The van der Waals surface area contributed by atoms with Gasteiger partial charge >= 0.3 is 0 Å². The maximum atomic E-state index is 12.6. The van der Waals surface area contributed by atoms with Crippen LogP contribution < -0.4 is 4.90 Å². The fraction of sp³-hybridized carbons (Fsp3) is 0.370. The lowest BCUT2D eigenvalue weighted by Crippen LogP contribution is -2.27. The number of anilines is 1. The number of benzene rings is 2. The Morgan fingerprint density at radius 1 is 1.00 bits per heavy atom. The van der Waals surface area contributed by atoms with E-state index < -0.39 is 0 Å². The van der Waals surface area contributed by atoms with Gasteiger partial charge in [0.1, 0.15) is 5.82 Å². The van der Waals surface area contributed by atoms with Crippen LogP contribution in [0.1, 0.15) is 59.8 Å². The molecular weight excluding hydrogens is 428 g/mol. The van der Waals surface area contributed by atoms with Crippen LogP contribution in [0.2, 0.25) is 0 Å². The van der Waals surface area contributed by atoms with Crippen molar-refractivity contribution in [3.8, 4) is 0 Å². The molecule has 172 valence electrons. The third kappa shape index (κ3) is 6.14. The lowest BCUT2D eigenvalue weighted by atomic mass is 10.1. The highest BCUT2D eigenvalue weighted by atomic mass is 32.2. The molecular formula is C27H32N4OS. The Kier molecular flexibility index (Phi) is 7.65. The molecule has 0 atom stereocenters. The number of amides is 1. The summed E-state index contributed by atoms with van der Waals surface area (Å²) in [5.74, 6) is 2.17. The summed E-state index contributed by atoms with van der Waals surface area (Å²) in [4.78, 5) is 26.3. The molecule has 1 aliphatic rings. The first-order chi connectivity index (χ1) is 16.0. The number of rotatable bonds is 8. The molecule has 2 heterocycles. The van der Waals surface area contributed by atoms with Gasteiger partial charge in [-0.3, -0.25) is 4.79 Å². The molecule has 3 aromatic rings. The fourth-order valence-corrected chi connectivity index (χ4v) is 4.73. The summed E-state index contributed by atoms with van der Waals surface area (Å²) in [5, 5.41) is 0.785. The summed E-state index contributed by atoms with van der Waals surface area (Å²) < 4.78 is 0. The molecule has 1 aromatic heterocycles. The van der Waals surface area contributed by atoms with Crippen LogP contribution >= 0.6 is 11.8 Å². The van der Waals surface area contributed by atoms with Crippen molar-refractivity contribution in [3.63, 3.8) is 0 Å². The molecule has 33 heavy (non-hydrogen) atoms. The smallest absolute Gasteiger partial charge is 0.253 e. The Hall–Kier alpha value is -2.86. The molecule has 0 spiro atoms. The number of aromatic nitrogens is 2. The normalized spacial score (nSPS) is 13.5. The van der Waals surface area contributed by atoms with E-state index in [1.807, 2.05) is 35.2 Å². The summed E-state index contributed by atoms with van der Waals surface area (Å²) in [5.41, 5.74) is 4.24. The lowest BCUT2D eigenvalue weighted by Gasteiger charge is -2.20. The number of likely N-dealkylation sites (tertiary alicyclic amines) is 1. The van der Waals surface area contributed by atoms with Gasteiger partial charge in [0, 0.05) is 49.8 Å². The first-order valence-corrected chi connectivity index (χ1v) is 12.6. The summed E-state index contributed by atoms with van der Waals surface area (Å²) in [6.07, 6.45) is 2.22. The number of carbonyl (C=O) groups is 1. The second kappa shape index (κ2) is 10.8. The van der Waals surface area contributed by atoms with Gasteiger partial charge < -0.3 is 9.80 Å². The average Bonchev–Trinajstić information content (AvgIpc) is 3.38. The molecule has 1 saturated heterocycles. The Labute approximate surface area is 201 Å². The zero-order valence-corrected chi connectivity index (χ0v) is 20.5. The minimum absolute atomic E-state index is 0.144. The Bertz CT molecular complexity index is 1060. The van der Waals surface area contributed by atoms with Crippen molar-refractivity contribution in [1.82, 2.24) is 14.9 Å². The van der Waals surface area contributed by atoms with Crippen molar-refractivity contribution in [2.24, 2.45) is 0 Å². The van der Waals surface area contributed by atoms with E-state index in [1.165, 1.54) is 5.56 Å². The second-order valence-electron chi connectivity index (χ2n) is 8.91. The number of carbonyl (C=O) groups excluding carboxylic acids is 1. The highest BCUT2D eigenvalue weighted by molar-refractivity contribution is 7.98. The quantitative estimate of drug-likeness (QED) is 0.316. The van der Waals surface area contributed by atoms with Crippen LogP contribution in [0.15, 0.2) is 65.8 Å². The van der Waals surface area contributed by atoms with E-state index in [4.69, 9.17) is 9.97 Å². The second-order valence-corrected chi connectivity index (χ2v) is 9.86. The van der Waals surface area contributed by atoms with Gasteiger partial charge in [-0.25, -0.2) is 9.97 Å². The van der Waals surface area contributed by atoms with E-state index >= 15 is 0 Å². The molecule has 0 saturated carbocycles. The van der Waals surface area contributed by atoms with Crippen LogP contribution in [-0.4, -0.2) is 40.9 Å². The SMILES string of the molecule is CC(C)c1cc(N(C)Cc2ccccc2)nc(SCc2ccc(C(=O)N3CCCC3)cc2)n1. The first-order valence-electron chi connectivity index (χ1n) is 11.6. The van der Waals surface area contributed by atoms with E-state index in [0.717, 1.165) is 66.0 Å². The summed E-state index contributed by atoms with van der Waals surface area (Å²) in [7, 11) is 2.07. The molecule has 4 rings (SSSR count). The molecule has 0 aliphatic carbocycles. The van der Waals surface area contributed by atoms with Gasteiger partial charge in [-0.05, 0) is 42.0 Å². The number of nitrogens with zero attached hydrogens (tertiary/aromatic N) is 4. The summed E-state index contributed by atoms with van der Waals surface area (Å²) in [6, 6.07) is 20.5. The molecule has 0 N–H and O–H groups in total. The molecule has 1 fully saturated rings. The van der Waals surface area contributed by atoms with E-state index in [2.05, 4.69) is 56.1 Å². The average molecular weight is 461 g/mol. The minimum Gasteiger partial charge on any atom is -0.355 e. The largest absolute Gasteiger partial charge is 0.355 e. The van der Waals surface area contributed by atoms with Crippen molar-refractivity contribution in [2.75, 3.05) is 25.0 Å². The van der Waals surface area contributed by atoms with Crippen molar-refractivity contribution in [3.05, 3.63) is 83.0 Å². The maximum Gasteiger partial charge on any atom is 0.253 e. The molecule has 6 heteroatoms. The Morgan fingerprint density at radius 2 is 1.70 bits per heavy atom. The van der Waals surface area contributed by atoms with Gasteiger partial charge in [-0.2, -0.15) is 0 Å². The Morgan fingerprint density at radius 3 is 2.36 bits per heavy atom. The molecule has 0 radical (unpaired) electrons. The standard InChI is InChI=1S/C27H32N4OS/c1-20(2)24-17-25(30(3)18-21-9-5-4-6-10-21)29-27(28-24)33-19-22-11-13-23(14-12-22)26(32)31-15-7-8-16-31/h4-6,9-14,17,20H,7-8,15-16,18-19H2,1-3H3. The number of thioether (sulfide) groups is 1. The van der Waals surface area contributed by atoms with Gasteiger partial charge in [0.25, 0.3) is 5.91 Å². The monoisotopic (exact) mass is 460 g/mol.